The lowest BCUT2D eigenvalue weighted by Gasteiger charge is -2.40. The third kappa shape index (κ3) is 5.02. The van der Waals surface area contributed by atoms with Gasteiger partial charge in [-0.15, -0.1) is 0 Å². The van der Waals surface area contributed by atoms with Crippen molar-refractivity contribution in [1.82, 2.24) is 9.80 Å². The fraction of sp³-hybridized carbons (Fsp3) is 0.263. The number of hydrogen-bond acceptors (Lipinski definition) is 5. The van der Waals surface area contributed by atoms with Crippen LogP contribution in [0.3, 0.4) is 0 Å². The van der Waals surface area contributed by atoms with Crippen molar-refractivity contribution in [1.29, 1.82) is 0 Å². The van der Waals surface area contributed by atoms with Crippen molar-refractivity contribution in [3.05, 3.63) is 64.7 Å². The van der Waals surface area contributed by atoms with Crippen molar-refractivity contribution in [3.8, 4) is 0 Å². The molecule has 1 heterocycles. The van der Waals surface area contributed by atoms with Crippen LogP contribution in [-0.2, 0) is 12.7 Å². The summed E-state index contributed by atoms with van der Waals surface area (Å²) >= 11 is 5.88. The van der Waals surface area contributed by atoms with Gasteiger partial charge in [-0.2, -0.15) is 18.2 Å². The second-order valence-corrected chi connectivity index (χ2v) is 6.88. The number of β-amino-alcohol motifs (C(OH)–C–C–N with tert-alkyl or cyclic N) is 1. The standard InChI is InChI=1S/C19H18ClF3N4O3/c20-14-6-4-12(5-7-14)11-27-16(25-17(29)26(8-9-28)18(27)30)24-15-3-1-2-13(10-15)19(21,22)23/h1-7,10,18,28,30H,8-9,11H2,(H,24,25,29). The zero-order chi connectivity index (χ0) is 21.9. The fourth-order valence-corrected chi connectivity index (χ4v) is 2.99. The fourth-order valence-electron chi connectivity index (χ4n) is 2.86. The van der Waals surface area contributed by atoms with Crippen LogP contribution in [0.15, 0.2) is 53.5 Å². The molecule has 0 spiro atoms. The number of rotatable bonds is 5. The van der Waals surface area contributed by atoms with Gasteiger partial charge in [0.05, 0.1) is 18.7 Å². The van der Waals surface area contributed by atoms with E-state index >= 15 is 0 Å². The van der Waals surface area contributed by atoms with Crippen LogP contribution in [0.4, 0.5) is 23.7 Å². The summed E-state index contributed by atoms with van der Waals surface area (Å²) in [6.45, 7) is -0.501. The molecule has 2 aromatic carbocycles. The van der Waals surface area contributed by atoms with Crippen LogP contribution in [0.1, 0.15) is 11.1 Å². The van der Waals surface area contributed by atoms with Gasteiger partial charge >= 0.3 is 12.2 Å². The zero-order valence-electron chi connectivity index (χ0n) is 15.5. The van der Waals surface area contributed by atoms with Crippen LogP contribution in [0.25, 0.3) is 0 Å². The van der Waals surface area contributed by atoms with E-state index in [2.05, 4.69) is 10.3 Å². The van der Waals surface area contributed by atoms with Gasteiger partial charge in [-0.1, -0.05) is 29.8 Å². The number of carbonyl (C=O) groups is 1. The molecule has 7 nitrogen and oxygen atoms in total. The second kappa shape index (κ2) is 8.90. The van der Waals surface area contributed by atoms with E-state index in [9.17, 15) is 23.1 Å². The summed E-state index contributed by atoms with van der Waals surface area (Å²) in [5.74, 6) is -0.129. The molecule has 160 valence electrons. The van der Waals surface area contributed by atoms with E-state index in [4.69, 9.17) is 16.7 Å². The Hall–Kier alpha value is -2.82. The van der Waals surface area contributed by atoms with Gasteiger partial charge in [0.2, 0.25) is 12.3 Å². The summed E-state index contributed by atoms with van der Waals surface area (Å²) in [5.41, 5.74) is -0.127. The number of halogens is 4. The first kappa shape index (κ1) is 21.9. The third-order valence-corrected chi connectivity index (χ3v) is 4.58. The number of aliphatic hydroxyl groups is 2. The highest BCUT2D eigenvalue weighted by molar-refractivity contribution is 6.30. The van der Waals surface area contributed by atoms with Gasteiger partial charge in [0, 0.05) is 17.3 Å². The van der Waals surface area contributed by atoms with Crippen molar-refractivity contribution in [2.75, 3.05) is 18.5 Å². The molecule has 0 aliphatic carbocycles. The summed E-state index contributed by atoms with van der Waals surface area (Å²) in [4.78, 5) is 18.4. The Balaban J connectivity index is 1.93. The Labute approximate surface area is 175 Å². The molecule has 1 aliphatic rings. The van der Waals surface area contributed by atoms with E-state index in [1.165, 1.54) is 17.0 Å². The van der Waals surface area contributed by atoms with Gasteiger partial charge in [0.15, 0.2) is 0 Å². The Kier molecular flexibility index (Phi) is 6.49. The van der Waals surface area contributed by atoms with E-state index in [0.717, 1.165) is 17.0 Å². The summed E-state index contributed by atoms with van der Waals surface area (Å²) in [5, 5.41) is 23.0. The van der Waals surface area contributed by atoms with Gasteiger partial charge in [0.1, 0.15) is 0 Å². The number of guanidine groups is 1. The third-order valence-electron chi connectivity index (χ3n) is 4.33. The molecule has 0 saturated carbocycles. The van der Waals surface area contributed by atoms with Crippen LogP contribution < -0.4 is 5.32 Å². The van der Waals surface area contributed by atoms with Gasteiger partial charge in [0.25, 0.3) is 0 Å². The monoisotopic (exact) mass is 442 g/mol. The Bertz CT molecular complexity index is 937. The molecule has 0 aromatic heterocycles. The highest BCUT2D eigenvalue weighted by atomic mass is 35.5. The van der Waals surface area contributed by atoms with E-state index in [1.54, 1.807) is 24.3 Å². The average molecular weight is 443 g/mol. The molecular weight excluding hydrogens is 425 g/mol. The Morgan fingerprint density at radius 3 is 2.47 bits per heavy atom. The SMILES string of the molecule is O=C1N=C(Nc2cccc(C(F)(F)F)c2)N(Cc2ccc(Cl)cc2)C(O)N1CCO. The van der Waals surface area contributed by atoms with Crippen LogP contribution in [-0.4, -0.2) is 51.5 Å². The normalized spacial score (nSPS) is 17.2. The first-order chi connectivity index (χ1) is 14.2. The highest BCUT2D eigenvalue weighted by Gasteiger charge is 2.35. The number of nitrogens with zero attached hydrogens (tertiary/aromatic N) is 3. The van der Waals surface area contributed by atoms with Crippen molar-refractivity contribution >= 4 is 29.3 Å². The topological polar surface area (TPSA) is 88.4 Å². The zero-order valence-corrected chi connectivity index (χ0v) is 16.2. The molecule has 3 rings (SSSR count). The number of aliphatic hydroxyl groups excluding tert-OH is 2. The molecule has 0 saturated heterocycles. The Morgan fingerprint density at radius 1 is 1.13 bits per heavy atom. The molecule has 1 aliphatic heterocycles. The lowest BCUT2D eigenvalue weighted by atomic mass is 10.2. The first-order valence-corrected chi connectivity index (χ1v) is 9.20. The number of urea groups is 1. The van der Waals surface area contributed by atoms with E-state index < -0.39 is 30.7 Å². The van der Waals surface area contributed by atoms with Crippen molar-refractivity contribution in [2.45, 2.75) is 19.1 Å². The number of carbonyl (C=O) groups excluding carboxylic acids is 1. The number of nitrogens with one attached hydrogen (secondary N) is 1. The van der Waals surface area contributed by atoms with Crippen molar-refractivity contribution in [3.63, 3.8) is 0 Å². The van der Waals surface area contributed by atoms with E-state index in [-0.39, 0.29) is 24.7 Å². The average Bonchev–Trinajstić information content (AvgIpc) is 2.69. The summed E-state index contributed by atoms with van der Waals surface area (Å²) in [6, 6.07) is 10.2. The quantitative estimate of drug-likeness (QED) is 0.661. The van der Waals surface area contributed by atoms with Crippen molar-refractivity contribution in [2.24, 2.45) is 4.99 Å². The number of aliphatic imine (C=N–C) groups is 1. The maximum atomic E-state index is 13.0. The molecule has 0 fully saturated rings. The lowest BCUT2D eigenvalue weighted by Crippen LogP contribution is -2.58. The van der Waals surface area contributed by atoms with Crippen LogP contribution in [0.2, 0.25) is 5.02 Å². The maximum absolute atomic E-state index is 13.0. The van der Waals surface area contributed by atoms with Gasteiger partial charge in [-0.3, -0.25) is 9.80 Å². The molecule has 30 heavy (non-hydrogen) atoms. The predicted octanol–water partition coefficient (Wildman–Crippen LogP) is 3.33. The molecule has 2 amide bonds. The van der Waals surface area contributed by atoms with Gasteiger partial charge < -0.3 is 15.5 Å². The van der Waals surface area contributed by atoms with Gasteiger partial charge in [-0.25, -0.2) is 4.79 Å². The minimum absolute atomic E-state index is 0.0419. The largest absolute Gasteiger partial charge is 0.416 e. The van der Waals surface area contributed by atoms with Crippen LogP contribution in [0, 0.1) is 0 Å². The number of anilines is 1. The van der Waals surface area contributed by atoms with Gasteiger partial charge in [-0.05, 0) is 35.9 Å². The minimum Gasteiger partial charge on any atom is -0.395 e. The predicted molar refractivity (Wildman–Crippen MR) is 105 cm³/mol. The molecule has 3 N–H and O–H groups in total. The number of amides is 2. The van der Waals surface area contributed by atoms with E-state index in [0.29, 0.717) is 10.6 Å². The molecular formula is C19H18ClF3N4O3. The number of benzene rings is 2. The number of alkyl halides is 3. The first-order valence-electron chi connectivity index (χ1n) is 8.82. The minimum atomic E-state index is -4.54. The van der Waals surface area contributed by atoms with Crippen LogP contribution in [0.5, 0.6) is 0 Å². The van der Waals surface area contributed by atoms with Crippen molar-refractivity contribution < 1.29 is 28.2 Å². The molecule has 11 heteroatoms. The molecule has 2 aromatic rings. The summed E-state index contributed by atoms with van der Waals surface area (Å²) < 4.78 is 39.0. The van der Waals surface area contributed by atoms with Crippen LogP contribution >= 0.6 is 11.6 Å². The smallest absolute Gasteiger partial charge is 0.395 e. The van der Waals surface area contributed by atoms with E-state index in [1.807, 2.05) is 0 Å². The highest BCUT2D eigenvalue weighted by Crippen LogP contribution is 2.31. The summed E-state index contributed by atoms with van der Waals surface area (Å²) in [7, 11) is 0. The maximum Gasteiger partial charge on any atom is 0.416 e. The molecule has 0 bridgehead atoms. The second-order valence-electron chi connectivity index (χ2n) is 6.44. The molecule has 1 atom stereocenters. The lowest BCUT2D eigenvalue weighted by molar-refractivity contribution is -0.137. The summed E-state index contributed by atoms with van der Waals surface area (Å²) in [6.07, 6.45) is -6.03. The Morgan fingerprint density at radius 2 is 1.83 bits per heavy atom. The molecule has 0 radical (unpaired) electrons. The number of hydrogen-bond donors (Lipinski definition) is 3. The molecule has 1 unspecified atom stereocenters.